The van der Waals surface area contributed by atoms with E-state index in [2.05, 4.69) is 4.72 Å². The predicted molar refractivity (Wildman–Crippen MR) is 75.4 cm³/mol. The van der Waals surface area contributed by atoms with E-state index in [4.69, 9.17) is 4.74 Å². The summed E-state index contributed by atoms with van der Waals surface area (Å²) >= 11 is 0. The van der Waals surface area contributed by atoms with Crippen LogP contribution in [0.5, 0.6) is 0 Å². The summed E-state index contributed by atoms with van der Waals surface area (Å²) in [6.45, 7) is 2.28. The molecule has 0 aromatic heterocycles. The summed E-state index contributed by atoms with van der Waals surface area (Å²) in [6.07, 6.45) is 2.25. The van der Waals surface area contributed by atoms with E-state index < -0.39 is 15.6 Å². The van der Waals surface area contributed by atoms with Gasteiger partial charge in [0.2, 0.25) is 10.0 Å². The van der Waals surface area contributed by atoms with Crippen molar-refractivity contribution in [2.75, 3.05) is 13.7 Å². The molecule has 0 unspecified atom stereocenters. The summed E-state index contributed by atoms with van der Waals surface area (Å²) in [5, 5.41) is -0.199. The zero-order chi connectivity index (χ0) is 13.9. The Hall–Kier alpha value is -0.910. The molecular weight excluding hydrogens is 262 g/mol. The molecule has 1 aliphatic rings. The second-order valence-electron chi connectivity index (χ2n) is 4.98. The number of sulfonamides is 1. The maximum Gasteiger partial charge on any atom is 0.214 e. The van der Waals surface area contributed by atoms with Crippen LogP contribution in [-0.2, 0) is 20.4 Å². The van der Waals surface area contributed by atoms with Crippen molar-refractivity contribution < 1.29 is 13.2 Å². The molecule has 1 aromatic rings. The third kappa shape index (κ3) is 3.16. The van der Waals surface area contributed by atoms with E-state index in [9.17, 15) is 8.42 Å². The van der Waals surface area contributed by atoms with Gasteiger partial charge in [-0.1, -0.05) is 37.3 Å². The molecule has 0 spiro atoms. The minimum atomic E-state index is -3.18. The number of benzene rings is 1. The molecule has 0 bridgehead atoms. The first-order valence-electron chi connectivity index (χ1n) is 6.63. The van der Waals surface area contributed by atoms with Crippen molar-refractivity contribution in [2.24, 2.45) is 0 Å². The van der Waals surface area contributed by atoms with Crippen LogP contribution in [-0.4, -0.2) is 27.3 Å². The molecule has 1 N–H and O–H groups in total. The topological polar surface area (TPSA) is 55.4 Å². The largest absolute Gasteiger partial charge is 0.372 e. The van der Waals surface area contributed by atoms with Crippen LogP contribution in [0, 0.1) is 0 Å². The molecule has 1 aromatic carbocycles. The molecule has 19 heavy (non-hydrogen) atoms. The fourth-order valence-corrected chi connectivity index (χ4v) is 3.65. The highest BCUT2D eigenvalue weighted by molar-refractivity contribution is 7.90. The van der Waals surface area contributed by atoms with Gasteiger partial charge in [0.05, 0.1) is 5.25 Å². The van der Waals surface area contributed by atoms with Crippen molar-refractivity contribution in [1.29, 1.82) is 0 Å². The van der Waals surface area contributed by atoms with Crippen LogP contribution < -0.4 is 4.72 Å². The van der Waals surface area contributed by atoms with Crippen LogP contribution in [0.15, 0.2) is 30.3 Å². The third-order valence-electron chi connectivity index (χ3n) is 3.78. The van der Waals surface area contributed by atoms with E-state index in [0.29, 0.717) is 6.42 Å². The quantitative estimate of drug-likeness (QED) is 0.833. The van der Waals surface area contributed by atoms with Crippen LogP contribution >= 0.6 is 0 Å². The normalized spacial score (nSPS) is 19.1. The van der Waals surface area contributed by atoms with Gasteiger partial charge in [-0.3, -0.25) is 0 Å². The van der Waals surface area contributed by atoms with E-state index in [0.717, 1.165) is 18.4 Å². The summed E-state index contributed by atoms with van der Waals surface area (Å²) in [4.78, 5) is 0. The zero-order valence-corrected chi connectivity index (χ0v) is 12.2. The zero-order valence-electron chi connectivity index (χ0n) is 11.4. The van der Waals surface area contributed by atoms with Gasteiger partial charge in [-0.05, 0) is 24.8 Å². The summed E-state index contributed by atoms with van der Waals surface area (Å²) < 4.78 is 32.2. The van der Waals surface area contributed by atoms with E-state index in [1.165, 1.54) is 0 Å². The molecular formula is C14H21NO3S. The average molecular weight is 283 g/mol. The molecule has 1 saturated carbocycles. The second kappa shape index (κ2) is 5.61. The van der Waals surface area contributed by atoms with Crippen LogP contribution in [0.25, 0.3) is 0 Å². The number of hydrogen-bond donors (Lipinski definition) is 1. The SMILES string of the molecule is CC[C@](CNS(=O)(=O)C1CC1)(OC)c1ccccc1. The maximum absolute atomic E-state index is 11.9. The number of rotatable bonds is 7. The van der Waals surface area contributed by atoms with E-state index >= 15 is 0 Å². The highest BCUT2D eigenvalue weighted by atomic mass is 32.2. The van der Waals surface area contributed by atoms with Crippen molar-refractivity contribution in [1.82, 2.24) is 4.72 Å². The third-order valence-corrected chi connectivity index (χ3v) is 5.68. The summed E-state index contributed by atoms with van der Waals surface area (Å²) in [7, 11) is -1.55. The van der Waals surface area contributed by atoms with Crippen LogP contribution in [0.4, 0.5) is 0 Å². The van der Waals surface area contributed by atoms with E-state index in [1.54, 1.807) is 7.11 Å². The smallest absolute Gasteiger partial charge is 0.214 e. The first kappa shape index (κ1) is 14.5. The Bertz CT molecular complexity index is 505. The van der Waals surface area contributed by atoms with Gasteiger partial charge in [-0.15, -0.1) is 0 Å². The van der Waals surface area contributed by atoms with Crippen LogP contribution in [0.3, 0.4) is 0 Å². The van der Waals surface area contributed by atoms with Crippen molar-refractivity contribution >= 4 is 10.0 Å². The van der Waals surface area contributed by atoms with E-state index in [-0.39, 0.29) is 11.8 Å². The van der Waals surface area contributed by atoms with E-state index in [1.807, 2.05) is 37.3 Å². The summed E-state index contributed by atoms with van der Waals surface area (Å²) in [5.74, 6) is 0. The Kier molecular flexibility index (Phi) is 4.28. The molecule has 1 fully saturated rings. The highest BCUT2D eigenvalue weighted by Gasteiger charge is 2.38. The minimum Gasteiger partial charge on any atom is -0.372 e. The van der Waals surface area contributed by atoms with Crippen molar-refractivity contribution in [2.45, 2.75) is 37.0 Å². The fraction of sp³-hybridized carbons (Fsp3) is 0.571. The molecule has 1 aliphatic carbocycles. The molecule has 2 rings (SSSR count). The van der Waals surface area contributed by atoms with Gasteiger partial charge in [-0.2, -0.15) is 0 Å². The number of ether oxygens (including phenoxy) is 1. The lowest BCUT2D eigenvalue weighted by Gasteiger charge is -2.32. The van der Waals surface area contributed by atoms with Crippen molar-refractivity contribution in [3.63, 3.8) is 0 Å². The number of nitrogens with one attached hydrogen (secondary N) is 1. The Morgan fingerprint density at radius 2 is 1.95 bits per heavy atom. The van der Waals surface area contributed by atoms with Gasteiger partial charge in [0.1, 0.15) is 5.60 Å². The average Bonchev–Trinajstić information content (AvgIpc) is 3.26. The van der Waals surface area contributed by atoms with Gasteiger partial charge in [-0.25, -0.2) is 13.1 Å². The van der Waals surface area contributed by atoms with Gasteiger partial charge in [0, 0.05) is 13.7 Å². The first-order chi connectivity index (χ1) is 9.04. The Morgan fingerprint density at radius 1 is 1.32 bits per heavy atom. The standard InChI is InChI=1S/C14H21NO3S/c1-3-14(18-2,12-7-5-4-6-8-12)11-15-19(16,17)13-9-10-13/h4-8,13,15H,3,9-11H2,1-2H3/t14-/m1/s1. The van der Waals surface area contributed by atoms with Gasteiger partial charge in [0.15, 0.2) is 0 Å². The van der Waals surface area contributed by atoms with Crippen molar-refractivity contribution in [3.05, 3.63) is 35.9 Å². The molecule has 0 amide bonds. The molecule has 0 heterocycles. The van der Waals surface area contributed by atoms with Crippen molar-refractivity contribution in [3.8, 4) is 0 Å². The number of methoxy groups -OCH3 is 1. The monoisotopic (exact) mass is 283 g/mol. The highest BCUT2D eigenvalue weighted by Crippen LogP contribution is 2.31. The Morgan fingerprint density at radius 3 is 2.42 bits per heavy atom. The Labute approximate surface area is 115 Å². The lowest BCUT2D eigenvalue weighted by atomic mass is 9.91. The Balaban J connectivity index is 2.16. The number of hydrogen-bond acceptors (Lipinski definition) is 3. The lowest BCUT2D eigenvalue weighted by molar-refractivity contribution is -0.0133. The van der Waals surface area contributed by atoms with Gasteiger partial charge < -0.3 is 4.74 Å². The molecule has 0 radical (unpaired) electrons. The van der Waals surface area contributed by atoms with Gasteiger partial charge >= 0.3 is 0 Å². The molecule has 1 atom stereocenters. The predicted octanol–water partition coefficient (Wildman–Crippen LogP) is 2.02. The molecule has 106 valence electrons. The lowest BCUT2D eigenvalue weighted by Crippen LogP contribution is -2.42. The molecule has 4 nitrogen and oxygen atoms in total. The molecule has 5 heteroatoms. The summed E-state index contributed by atoms with van der Waals surface area (Å²) in [6, 6.07) is 9.76. The molecule has 0 saturated heterocycles. The molecule has 0 aliphatic heterocycles. The van der Waals surface area contributed by atoms with Gasteiger partial charge in [0.25, 0.3) is 0 Å². The van der Waals surface area contributed by atoms with Crippen LogP contribution in [0.2, 0.25) is 0 Å². The first-order valence-corrected chi connectivity index (χ1v) is 8.18. The maximum atomic E-state index is 11.9. The van der Waals surface area contributed by atoms with Crippen LogP contribution in [0.1, 0.15) is 31.7 Å². The summed E-state index contributed by atoms with van der Waals surface area (Å²) in [5.41, 5.74) is 0.405. The fourth-order valence-electron chi connectivity index (χ4n) is 2.22. The minimum absolute atomic E-state index is 0.199. The second-order valence-corrected chi connectivity index (χ2v) is 7.03.